The molecule has 2 radical (unpaired) electrons. The number of allylic oxidation sites excluding steroid dienone is 8. The molecule has 22 heavy (non-hydrogen) atoms. The van der Waals surface area contributed by atoms with E-state index in [-0.39, 0.29) is 0 Å². The summed E-state index contributed by atoms with van der Waals surface area (Å²) in [7, 11) is 0. The molecular weight excluding hydrogens is 264 g/mol. The molecule has 0 nitrogen and oxygen atoms in total. The van der Waals surface area contributed by atoms with Crippen molar-refractivity contribution in [2.24, 2.45) is 23.7 Å². The minimum Gasteiger partial charge on any atom is -0.0842 e. The monoisotopic (exact) mass is 290 g/mol. The number of rotatable bonds is 0. The lowest BCUT2D eigenvalue weighted by molar-refractivity contribution is 0.282. The van der Waals surface area contributed by atoms with Crippen LogP contribution in [0.5, 0.6) is 0 Å². The van der Waals surface area contributed by atoms with E-state index in [0.29, 0.717) is 0 Å². The van der Waals surface area contributed by atoms with Crippen molar-refractivity contribution in [3.05, 3.63) is 53.0 Å². The Morgan fingerprint density at radius 3 is 2.55 bits per heavy atom. The van der Waals surface area contributed by atoms with Crippen LogP contribution in [0.2, 0.25) is 0 Å². The maximum atomic E-state index is 3.60. The van der Waals surface area contributed by atoms with Gasteiger partial charge >= 0.3 is 0 Å². The Morgan fingerprint density at radius 2 is 1.59 bits per heavy atom. The molecule has 114 valence electrons. The summed E-state index contributed by atoms with van der Waals surface area (Å²) >= 11 is 0. The number of hydrogen-bond acceptors (Lipinski definition) is 0. The topological polar surface area (TPSA) is 0 Å². The highest BCUT2D eigenvalue weighted by molar-refractivity contribution is 5.49. The van der Waals surface area contributed by atoms with Gasteiger partial charge in [-0.25, -0.2) is 0 Å². The summed E-state index contributed by atoms with van der Waals surface area (Å²) in [5.74, 6) is 3.38. The number of hydrogen-bond donors (Lipinski definition) is 0. The van der Waals surface area contributed by atoms with Crippen LogP contribution in [0, 0.1) is 30.1 Å². The molecule has 0 amide bonds. The predicted octanol–water partition coefficient (Wildman–Crippen LogP) is 5.82. The highest BCUT2D eigenvalue weighted by Gasteiger charge is 2.40. The van der Waals surface area contributed by atoms with E-state index in [2.05, 4.69) is 30.7 Å². The van der Waals surface area contributed by atoms with Gasteiger partial charge in [-0.1, -0.05) is 29.9 Å². The van der Waals surface area contributed by atoms with Crippen LogP contribution in [-0.4, -0.2) is 0 Å². The molecule has 0 aromatic rings. The number of fused-ring (bicyclic) bond motifs is 5. The van der Waals surface area contributed by atoms with E-state index in [1.54, 1.807) is 16.7 Å². The molecule has 0 bridgehead atoms. The van der Waals surface area contributed by atoms with Crippen molar-refractivity contribution in [1.82, 2.24) is 0 Å². The van der Waals surface area contributed by atoms with Crippen LogP contribution in [0.1, 0.15) is 57.8 Å². The largest absolute Gasteiger partial charge is 0.0842 e. The van der Waals surface area contributed by atoms with Crippen LogP contribution in [0.3, 0.4) is 0 Å². The zero-order valence-corrected chi connectivity index (χ0v) is 13.5. The second-order valence-corrected chi connectivity index (χ2v) is 7.92. The molecule has 0 aliphatic heterocycles. The zero-order valence-electron chi connectivity index (χ0n) is 13.5. The van der Waals surface area contributed by atoms with Crippen molar-refractivity contribution < 1.29 is 0 Å². The third kappa shape index (κ3) is 1.95. The second-order valence-electron chi connectivity index (χ2n) is 7.92. The van der Waals surface area contributed by atoms with E-state index in [4.69, 9.17) is 0 Å². The average Bonchev–Trinajstić information content (AvgIpc) is 2.60. The third-order valence-corrected chi connectivity index (χ3v) is 6.96. The second kappa shape index (κ2) is 5.25. The Bertz CT molecular complexity index is 598. The zero-order chi connectivity index (χ0) is 14.5. The first-order chi connectivity index (χ1) is 10.9. The first-order valence-corrected chi connectivity index (χ1v) is 9.44. The van der Waals surface area contributed by atoms with Gasteiger partial charge in [-0.2, -0.15) is 0 Å². The van der Waals surface area contributed by atoms with Gasteiger partial charge in [0.2, 0.25) is 0 Å². The Kier molecular flexibility index (Phi) is 3.20. The fraction of sp³-hybridized carbons (Fsp3) is 0.591. The molecule has 5 aliphatic carbocycles. The lowest BCUT2D eigenvalue weighted by Crippen LogP contribution is -2.33. The Labute approximate surface area is 135 Å². The van der Waals surface area contributed by atoms with Crippen LogP contribution >= 0.6 is 0 Å². The molecule has 0 heterocycles. The van der Waals surface area contributed by atoms with Crippen LogP contribution < -0.4 is 0 Å². The lowest BCUT2D eigenvalue weighted by atomic mass is 9.60. The first-order valence-electron chi connectivity index (χ1n) is 9.44. The van der Waals surface area contributed by atoms with Gasteiger partial charge in [0.15, 0.2) is 0 Å². The molecule has 5 rings (SSSR count). The van der Waals surface area contributed by atoms with Crippen LogP contribution in [-0.2, 0) is 0 Å². The van der Waals surface area contributed by atoms with Crippen molar-refractivity contribution in [1.29, 1.82) is 0 Å². The van der Waals surface area contributed by atoms with Gasteiger partial charge in [0, 0.05) is 0 Å². The van der Waals surface area contributed by atoms with E-state index < -0.39 is 0 Å². The normalized spacial score (nSPS) is 40.0. The fourth-order valence-corrected chi connectivity index (χ4v) is 5.90. The fourth-order valence-electron chi connectivity index (χ4n) is 5.90. The molecule has 0 spiro atoms. The molecule has 4 unspecified atom stereocenters. The van der Waals surface area contributed by atoms with Crippen molar-refractivity contribution in [2.45, 2.75) is 57.8 Å². The minimum atomic E-state index is 0.831. The van der Waals surface area contributed by atoms with Crippen molar-refractivity contribution in [3.8, 4) is 0 Å². The van der Waals surface area contributed by atoms with Gasteiger partial charge in [0.05, 0.1) is 0 Å². The first kappa shape index (κ1) is 13.4. The van der Waals surface area contributed by atoms with Crippen molar-refractivity contribution in [3.63, 3.8) is 0 Å². The van der Waals surface area contributed by atoms with E-state index in [1.165, 1.54) is 57.8 Å². The van der Waals surface area contributed by atoms with Crippen LogP contribution in [0.15, 0.2) is 46.6 Å². The summed E-state index contributed by atoms with van der Waals surface area (Å²) in [6.07, 6.45) is 25.6. The van der Waals surface area contributed by atoms with Gasteiger partial charge in [0.25, 0.3) is 0 Å². The highest BCUT2D eigenvalue weighted by atomic mass is 14.4. The quantitative estimate of drug-likeness (QED) is 0.527. The molecule has 0 aromatic heterocycles. The predicted molar refractivity (Wildman–Crippen MR) is 91.1 cm³/mol. The van der Waals surface area contributed by atoms with Gasteiger partial charge in [-0.15, -0.1) is 0 Å². The Balaban J connectivity index is 1.60. The van der Waals surface area contributed by atoms with Crippen LogP contribution in [0.4, 0.5) is 0 Å². The average molecular weight is 290 g/mol. The maximum Gasteiger partial charge on any atom is -0.00900 e. The van der Waals surface area contributed by atoms with E-state index >= 15 is 0 Å². The van der Waals surface area contributed by atoms with Crippen LogP contribution in [0.25, 0.3) is 0 Å². The van der Waals surface area contributed by atoms with E-state index in [0.717, 1.165) is 23.7 Å². The SMILES string of the molecule is [C]1CCC2=C3C=CC4=C5C=CCCC5CCC4C3CCC2C1. The minimum absolute atomic E-state index is 0.831. The van der Waals surface area contributed by atoms with Gasteiger partial charge in [0.1, 0.15) is 0 Å². The summed E-state index contributed by atoms with van der Waals surface area (Å²) in [6.45, 7) is 0. The Morgan fingerprint density at radius 1 is 0.773 bits per heavy atom. The molecule has 0 heteroatoms. The molecule has 0 saturated heterocycles. The van der Waals surface area contributed by atoms with E-state index in [9.17, 15) is 0 Å². The van der Waals surface area contributed by atoms with Gasteiger partial charge in [-0.05, 0) is 105 Å². The molecule has 0 aromatic carbocycles. The maximum absolute atomic E-state index is 3.60. The molecular formula is C22H26. The summed E-state index contributed by atoms with van der Waals surface area (Å²) in [6, 6.07) is 0. The van der Waals surface area contributed by atoms with Crippen molar-refractivity contribution in [2.75, 3.05) is 0 Å². The smallest absolute Gasteiger partial charge is 0.00900 e. The summed E-state index contributed by atoms with van der Waals surface area (Å²) in [5, 5.41) is 0. The molecule has 1 saturated carbocycles. The highest BCUT2D eigenvalue weighted by Crippen LogP contribution is 2.53. The molecule has 0 N–H and O–H groups in total. The molecule has 1 fully saturated rings. The lowest BCUT2D eigenvalue weighted by Gasteiger charge is -2.45. The molecule has 5 aliphatic rings. The van der Waals surface area contributed by atoms with Gasteiger partial charge in [-0.3, -0.25) is 0 Å². The van der Waals surface area contributed by atoms with Crippen molar-refractivity contribution >= 4 is 0 Å². The van der Waals surface area contributed by atoms with Gasteiger partial charge < -0.3 is 0 Å². The third-order valence-electron chi connectivity index (χ3n) is 6.96. The molecule has 4 atom stereocenters. The summed E-state index contributed by atoms with van der Waals surface area (Å²) in [4.78, 5) is 0. The standard InChI is InChI=1S/C22H26/c1-3-7-17-15(5-1)9-11-21-19(17)13-14-20-18-8-4-2-6-16(18)10-12-22(20)21/h3,7,13-16,21-22H,1,4-6,8-12H2. The van der Waals surface area contributed by atoms with E-state index in [1.807, 2.05) is 5.57 Å². The summed E-state index contributed by atoms with van der Waals surface area (Å²) in [5.41, 5.74) is 6.99. The Hall–Kier alpha value is -1.04. The summed E-state index contributed by atoms with van der Waals surface area (Å²) < 4.78 is 0.